The molecule has 1 N–H and O–H groups in total. The van der Waals surface area contributed by atoms with E-state index in [0.717, 1.165) is 0 Å². The summed E-state index contributed by atoms with van der Waals surface area (Å²) < 4.78 is 34.1. The summed E-state index contributed by atoms with van der Waals surface area (Å²) in [6.45, 7) is 0. The fourth-order valence-corrected chi connectivity index (χ4v) is 0.550. The Morgan fingerprint density at radius 2 is 1.64 bits per heavy atom. The molecule has 1 aromatic carbocycles. The number of nitro benzene ring substituents is 1. The van der Waals surface area contributed by atoms with E-state index in [4.69, 9.17) is 13.0 Å². The number of benzene rings is 1. The smallest absolute Gasteiger partial charge is 0.260 e. The number of nitrogens with zero attached hydrogens (tertiary/aromatic N) is 1. The first-order chi connectivity index (χ1) is 6.30. The maximum Gasteiger partial charge on any atom is 0.435 e. The molecule has 14 heavy (non-hydrogen) atoms. The third kappa shape index (κ3) is 8.56. The molecule has 0 amide bonds. The Kier molecular flexibility index (Phi) is 4.67. The Morgan fingerprint density at radius 3 is 1.86 bits per heavy atom. The van der Waals surface area contributed by atoms with Gasteiger partial charge in [0.1, 0.15) is 0 Å². The summed E-state index contributed by atoms with van der Waals surface area (Å²) in [4.78, 5) is 9.59. The molecule has 0 heterocycles. The highest BCUT2D eigenvalue weighted by molar-refractivity contribution is 7.80. The summed E-state index contributed by atoms with van der Waals surface area (Å²) in [5, 5.41) is 10.0. The molecular weight excluding hydrogens is 217 g/mol. The van der Waals surface area contributed by atoms with Gasteiger partial charge >= 0.3 is 10.5 Å². The molecular formula is C6H6FNO5S. The van der Waals surface area contributed by atoms with Crippen LogP contribution in [0.5, 0.6) is 0 Å². The van der Waals surface area contributed by atoms with E-state index in [1.54, 1.807) is 18.2 Å². The third-order valence-electron chi connectivity index (χ3n) is 0.967. The van der Waals surface area contributed by atoms with Crippen molar-refractivity contribution in [2.24, 2.45) is 0 Å². The molecule has 6 nitrogen and oxygen atoms in total. The van der Waals surface area contributed by atoms with Gasteiger partial charge in [-0.15, -0.1) is 0 Å². The lowest BCUT2D eigenvalue weighted by Gasteiger charge is -1.85. The predicted octanol–water partition coefficient (Wildman–Crippen LogP) is 1.35. The zero-order chi connectivity index (χ0) is 11.2. The number of halogens is 1. The Balaban J connectivity index is 0.000000292. The minimum atomic E-state index is -5.17. The standard InChI is InChI=1S/C6H5NO2.FHO3S/c8-7(9)6-4-2-1-3-5-6;1-5(2,3)4/h1-5H;(H,2,3,4). The van der Waals surface area contributed by atoms with E-state index in [0.29, 0.717) is 0 Å². The van der Waals surface area contributed by atoms with Crippen LogP contribution in [-0.4, -0.2) is 17.9 Å². The molecule has 8 heteroatoms. The van der Waals surface area contributed by atoms with Crippen LogP contribution in [0.4, 0.5) is 9.57 Å². The van der Waals surface area contributed by atoms with Gasteiger partial charge in [-0.05, 0) is 0 Å². The second-order valence-corrected chi connectivity index (χ2v) is 2.83. The number of hydrogen-bond acceptors (Lipinski definition) is 4. The molecule has 0 aliphatic carbocycles. The lowest BCUT2D eigenvalue weighted by molar-refractivity contribution is -0.384. The molecule has 0 aliphatic heterocycles. The highest BCUT2D eigenvalue weighted by Crippen LogP contribution is 2.06. The maximum atomic E-state index is 10.2. The summed E-state index contributed by atoms with van der Waals surface area (Å²) >= 11 is 0. The summed E-state index contributed by atoms with van der Waals surface area (Å²) in [6, 6.07) is 7.93. The van der Waals surface area contributed by atoms with Gasteiger partial charge in [-0.25, -0.2) is 0 Å². The zero-order valence-electron chi connectivity index (χ0n) is 6.70. The van der Waals surface area contributed by atoms with Crippen molar-refractivity contribution in [3.05, 3.63) is 40.4 Å². The molecule has 0 unspecified atom stereocenters. The van der Waals surface area contributed by atoms with Crippen LogP contribution in [0.2, 0.25) is 0 Å². The minimum Gasteiger partial charge on any atom is -0.260 e. The zero-order valence-corrected chi connectivity index (χ0v) is 7.52. The van der Waals surface area contributed by atoms with Gasteiger partial charge in [-0.3, -0.25) is 14.7 Å². The number of hydrogen-bond donors (Lipinski definition) is 1. The predicted molar refractivity (Wildman–Crippen MR) is 45.8 cm³/mol. The number of rotatable bonds is 1. The molecule has 0 saturated carbocycles. The first kappa shape index (κ1) is 12.5. The summed E-state index contributed by atoms with van der Waals surface area (Å²) in [6.07, 6.45) is 0. The van der Waals surface area contributed by atoms with E-state index in [9.17, 15) is 14.0 Å². The van der Waals surface area contributed by atoms with Crippen LogP contribution in [0, 0.1) is 10.1 Å². The Hall–Kier alpha value is -1.54. The Bertz CT molecular complexity index is 382. The number of para-hydroxylation sites is 1. The van der Waals surface area contributed by atoms with Gasteiger partial charge in [0.25, 0.3) is 5.69 Å². The van der Waals surface area contributed by atoms with Gasteiger partial charge in [0.05, 0.1) is 4.92 Å². The second kappa shape index (κ2) is 5.25. The first-order valence-electron chi connectivity index (χ1n) is 3.17. The quantitative estimate of drug-likeness (QED) is 0.335. The minimum absolute atomic E-state index is 0.137. The maximum absolute atomic E-state index is 10.2. The molecule has 0 bridgehead atoms. The van der Waals surface area contributed by atoms with Crippen LogP contribution in [0.15, 0.2) is 30.3 Å². The monoisotopic (exact) mass is 223 g/mol. The third-order valence-corrected chi connectivity index (χ3v) is 0.967. The van der Waals surface area contributed by atoms with Crippen LogP contribution in [-0.2, 0) is 10.5 Å². The summed E-state index contributed by atoms with van der Waals surface area (Å²) in [7, 11) is -5.17. The van der Waals surface area contributed by atoms with Crippen LogP contribution >= 0.6 is 0 Å². The van der Waals surface area contributed by atoms with Crippen molar-refractivity contribution in [1.29, 1.82) is 0 Å². The highest BCUT2D eigenvalue weighted by atomic mass is 32.3. The average molecular weight is 223 g/mol. The molecule has 0 radical (unpaired) electrons. The lowest BCUT2D eigenvalue weighted by atomic mass is 10.3. The SMILES string of the molecule is O=S(=O)(O)F.O=[N+]([O-])c1ccccc1. The fraction of sp³-hybridized carbons (Fsp3) is 0. The van der Waals surface area contributed by atoms with E-state index < -0.39 is 15.4 Å². The first-order valence-corrected chi connectivity index (χ1v) is 4.51. The average Bonchev–Trinajstić information content (AvgIpc) is 2.03. The topological polar surface area (TPSA) is 97.5 Å². The summed E-state index contributed by atoms with van der Waals surface area (Å²) in [5.41, 5.74) is 0.137. The number of nitro groups is 1. The van der Waals surface area contributed by atoms with Gasteiger partial charge in [0.15, 0.2) is 0 Å². The van der Waals surface area contributed by atoms with Crippen molar-refractivity contribution in [2.75, 3.05) is 0 Å². The molecule has 0 aliphatic rings. The summed E-state index contributed by atoms with van der Waals surface area (Å²) in [5.74, 6) is 0. The number of non-ortho nitro benzene ring substituents is 1. The largest absolute Gasteiger partial charge is 0.435 e. The van der Waals surface area contributed by atoms with E-state index in [1.165, 1.54) is 12.1 Å². The molecule has 1 rings (SSSR count). The molecule has 0 atom stereocenters. The van der Waals surface area contributed by atoms with E-state index in [-0.39, 0.29) is 5.69 Å². The highest BCUT2D eigenvalue weighted by Gasteiger charge is 1.98. The van der Waals surface area contributed by atoms with Gasteiger partial charge < -0.3 is 0 Å². The van der Waals surface area contributed by atoms with Crippen LogP contribution in [0.1, 0.15) is 0 Å². The molecule has 0 saturated heterocycles. The molecule has 1 aromatic rings. The second-order valence-electron chi connectivity index (χ2n) is 2.00. The van der Waals surface area contributed by atoms with Gasteiger partial charge in [-0.1, -0.05) is 22.1 Å². The fourth-order valence-electron chi connectivity index (χ4n) is 0.550. The lowest BCUT2D eigenvalue weighted by Crippen LogP contribution is -1.84. The van der Waals surface area contributed by atoms with Crippen molar-refractivity contribution in [1.82, 2.24) is 0 Å². The van der Waals surface area contributed by atoms with Crippen molar-refractivity contribution in [3.8, 4) is 0 Å². The van der Waals surface area contributed by atoms with E-state index in [1.807, 2.05) is 0 Å². The Morgan fingerprint density at radius 1 is 1.29 bits per heavy atom. The normalized spacial score (nSPS) is 9.86. The van der Waals surface area contributed by atoms with Crippen LogP contribution in [0.25, 0.3) is 0 Å². The van der Waals surface area contributed by atoms with Gasteiger partial charge in [0.2, 0.25) is 0 Å². The van der Waals surface area contributed by atoms with Gasteiger partial charge in [-0.2, -0.15) is 8.42 Å². The van der Waals surface area contributed by atoms with Crippen molar-refractivity contribution in [3.63, 3.8) is 0 Å². The van der Waals surface area contributed by atoms with Crippen LogP contribution in [0.3, 0.4) is 0 Å². The van der Waals surface area contributed by atoms with Crippen LogP contribution < -0.4 is 0 Å². The van der Waals surface area contributed by atoms with Gasteiger partial charge in [0, 0.05) is 12.1 Å². The molecule has 0 aromatic heterocycles. The molecule has 0 spiro atoms. The molecule has 0 fully saturated rings. The van der Waals surface area contributed by atoms with Crippen molar-refractivity contribution < 1.29 is 21.8 Å². The van der Waals surface area contributed by atoms with E-state index >= 15 is 0 Å². The van der Waals surface area contributed by atoms with Crippen molar-refractivity contribution in [2.45, 2.75) is 0 Å². The Labute approximate surface area is 79.2 Å². The van der Waals surface area contributed by atoms with E-state index in [2.05, 4.69) is 0 Å². The van der Waals surface area contributed by atoms with Crippen molar-refractivity contribution >= 4 is 16.2 Å². The molecule has 78 valence electrons.